The van der Waals surface area contributed by atoms with Gasteiger partial charge < -0.3 is 26.6 Å². The Balaban J connectivity index is 1.16. The van der Waals surface area contributed by atoms with E-state index in [0.717, 1.165) is 64.1 Å². The molecular formula is C27H41N9. The van der Waals surface area contributed by atoms with Gasteiger partial charge in [0.25, 0.3) is 6.67 Å². The second-order valence-corrected chi connectivity index (χ2v) is 9.87. The van der Waals surface area contributed by atoms with Crippen LogP contribution in [-0.2, 0) is 13.1 Å². The van der Waals surface area contributed by atoms with E-state index in [0.29, 0.717) is 25.0 Å². The van der Waals surface area contributed by atoms with Crippen LogP contribution in [-0.4, -0.2) is 66.8 Å². The average molecular weight is 492 g/mol. The molecule has 1 saturated carbocycles. The predicted molar refractivity (Wildman–Crippen MR) is 147 cm³/mol. The maximum absolute atomic E-state index is 7.04. The van der Waals surface area contributed by atoms with Crippen molar-refractivity contribution in [1.29, 1.82) is 0 Å². The number of aromatic nitrogens is 2. The topological polar surface area (TPSA) is 98.7 Å². The molecule has 0 unspecified atom stereocenters. The third-order valence-electron chi connectivity index (χ3n) is 7.07. The Labute approximate surface area is 215 Å². The van der Waals surface area contributed by atoms with Gasteiger partial charge in [0, 0.05) is 51.4 Å². The third-order valence-corrected chi connectivity index (χ3v) is 7.07. The zero-order chi connectivity index (χ0) is 25.0. The van der Waals surface area contributed by atoms with Crippen LogP contribution >= 0.6 is 0 Å². The van der Waals surface area contributed by atoms with E-state index in [2.05, 4.69) is 64.8 Å². The van der Waals surface area contributed by atoms with E-state index < -0.39 is 0 Å². The monoisotopic (exact) mass is 491 g/mol. The lowest BCUT2D eigenvalue weighted by atomic mass is 9.95. The molecule has 9 nitrogen and oxygen atoms in total. The van der Waals surface area contributed by atoms with Gasteiger partial charge in [-0.15, -0.1) is 0 Å². The summed E-state index contributed by atoms with van der Waals surface area (Å²) in [4.78, 5) is 16.9. The van der Waals surface area contributed by atoms with E-state index in [1.165, 1.54) is 43.2 Å². The molecule has 0 atom stereocenters. The van der Waals surface area contributed by atoms with Crippen LogP contribution in [0.4, 0.5) is 17.6 Å². The largest absolute Gasteiger partial charge is 0.383 e. The van der Waals surface area contributed by atoms with Gasteiger partial charge in [-0.25, -0.2) is 11.5 Å². The fourth-order valence-electron chi connectivity index (χ4n) is 4.93. The minimum atomic E-state index is 0.458. The number of hydrogen-bond donors (Lipinski definition) is 4. The van der Waals surface area contributed by atoms with Crippen LogP contribution in [0.2, 0.25) is 0 Å². The molecular weight excluding hydrogens is 450 g/mol. The molecule has 0 spiro atoms. The first kappa shape index (κ1) is 26.1. The molecule has 0 amide bonds. The molecule has 2 fully saturated rings. The Kier molecular flexibility index (Phi) is 10.1. The molecule has 5 N–H and O–H groups in total. The van der Waals surface area contributed by atoms with Gasteiger partial charge in [-0.1, -0.05) is 43.5 Å². The molecule has 4 rings (SSSR count). The lowest BCUT2D eigenvalue weighted by molar-refractivity contribution is 0.282. The van der Waals surface area contributed by atoms with Crippen molar-refractivity contribution in [2.45, 2.75) is 57.7 Å². The summed E-state index contributed by atoms with van der Waals surface area (Å²) in [7, 11) is 0. The summed E-state index contributed by atoms with van der Waals surface area (Å²) in [6, 6.07) is 11.2. The molecule has 1 aliphatic heterocycles. The fourth-order valence-corrected chi connectivity index (χ4v) is 4.93. The van der Waals surface area contributed by atoms with Crippen molar-refractivity contribution in [2.75, 3.05) is 61.9 Å². The minimum Gasteiger partial charge on any atom is -0.383 e. The van der Waals surface area contributed by atoms with Crippen LogP contribution in [0.5, 0.6) is 0 Å². The van der Waals surface area contributed by atoms with Crippen LogP contribution in [0.25, 0.3) is 4.85 Å². The maximum Gasteiger partial charge on any atom is 0.270 e. The number of rotatable bonds is 12. The molecule has 1 aromatic heterocycles. The van der Waals surface area contributed by atoms with Gasteiger partial charge in [0.15, 0.2) is 0 Å². The summed E-state index contributed by atoms with van der Waals surface area (Å²) in [6.07, 6.45) is 8.05. The Morgan fingerprint density at radius 3 is 2.39 bits per heavy atom. The van der Waals surface area contributed by atoms with Gasteiger partial charge in [0.1, 0.15) is 11.6 Å². The molecule has 36 heavy (non-hydrogen) atoms. The molecule has 194 valence electrons. The minimum absolute atomic E-state index is 0.458. The Hall–Kier alpha value is -2.93. The number of piperazine rings is 1. The van der Waals surface area contributed by atoms with Crippen molar-refractivity contribution in [3.05, 3.63) is 52.9 Å². The summed E-state index contributed by atoms with van der Waals surface area (Å²) in [5, 5.41) is 10.6. The first-order valence-electron chi connectivity index (χ1n) is 13.4. The fraction of sp³-hybridized carbons (Fsp3) is 0.593. The van der Waals surface area contributed by atoms with Gasteiger partial charge in [-0.05, 0) is 43.5 Å². The molecule has 9 heteroatoms. The molecule has 1 aromatic carbocycles. The van der Waals surface area contributed by atoms with Crippen molar-refractivity contribution in [3.8, 4) is 0 Å². The highest BCUT2D eigenvalue weighted by molar-refractivity contribution is 5.52. The van der Waals surface area contributed by atoms with Crippen LogP contribution in [0.1, 0.15) is 49.7 Å². The molecule has 1 saturated heterocycles. The normalized spacial score (nSPS) is 17.1. The zero-order valence-electron chi connectivity index (χ0n) is 21.4. The van der Waals surface area contributed by atoms with Gasteiger partial charge in [0.2, 0.25) is 5.95 Å². The summed E-state index contributed by atoms with van der Waals surface area (Å²) in [5.74, 6) is 1.84. The number of benzene rings is 1. The van der Waals surface area contributed by atoms with E-state index in [-0.39, 0.29) is 0 Å². The van der Waals surface area contributed by atoms with Crippen LogP contribution in [0.3, 0.4) is 0 Å². The SMILES string of the molecule is [C-]#[N+]CN1CCN(c2cc(N)nc(NCc3ccc(CNCCCNC4CCCCC4)cc3)n2)CC1. The quantitative estimate of drug-likeness (QED) is 0.266. The smallest absolute Gasteiger partial charge is 0.270 e. The van der Waals surface area contributed by atoms with Crippen LogP contribution < -0.4 is 26.6 Å². The third kappa shape index (κ3) is 8.33. The van der Waals surface area contributed by atoms with E-state index in [1.807, 2.05) is 6.07 Å². The second kappa shape index (κ2) is 14.0. The van der Waals surface area contributed by atoms with Gasteiger partial charge in [-0.3, -0.25) is 4.85 Å². The van der Waals surface area contributed by atoms with Crippen LogP contribution in [0, 0.1) is 6.57 Å². The van der Waals surface area contributed by atoms with Gasteiger partial charge >= 0.3 is 0 Å². The molecule has 1 aliphatic carbocycles. The van der Waals surface area contributed by atoms with Crippen molar-refractivity contribution in [2.24, 2.45) is 0 Å². The number of nitrogen functional groups attached to an aromatic ring is 1. The van der Waals surface area contributed by atoms with E-state index in [1.54, 1.807) is 0 Å². The maximum atomic E-state index is 7.04. The molecule has 0 bridgehead atoms. The standard InChI is InChI=1S/C27H41N9/c1-29-21-35-14-16-36(17-15-35)26-18-25(28)33-27(34-26)32-20-23-10-8-22(9-11-23)19-30-12-5-13-31-24-6-3-2-4-7-24/h8-11,18,24,30-31H,2-7,12-17,19-21H2,(H3,28,32,33,34). The van der Waals surface area contributed by atoms with Crippen LogP contribution in [0.15, 0.2) is 30.3 Å². The molecule has 2 aromatic rings. The molecule has 2 aliphatic rings. The Morgan fingerprint density at radius 1 is 0.944 bits per heavy atom. The number of nitrogens with zero attached hydrogens (tertiary/aromatic N) is 5. The Bertz CT molecular complexity index is 958. The number of anilines is 3. The second-order valence-electron chi connectivity index (χ2n) is 9.87. The first-order valence-corrected chi connectivity index (χ1v) is 13.4. The average Bonchev–Trinajstić information content (AvgIpc) is 2.91. The highest BCUT2D eigenvalue weighted by atomic mass is 15.3. The summed E-state index contributed by atoms with van der Waals surface area (Å²) < 4.78 is 0. The number of nitrogens with two attached hydrogens (primary N) is 1. The number of nitrogens with one attached hydrogen (secondary N) is 3. The molecule has 0 radical (unpaired) electrons. The van der Waals surface area contributed by atoms with Gasteiger partial charge in [-0.2, -0.15) is 9.97 Å². The number of hydrogen-bond acceptors (Lipinski definition) is 8. The van der Waals surface area contributed by atoms with E-state index in [9.17, 15) is 0 Å². The predicted octanol–water partition coefficient (Wildman–Crippen LogP) is 3.07. The summed E-state index contributed by atoms with van der Waals surface area (Å²) >= 11 is 0. The molecule has 2 heterocycles. The first-order chi connectivity index (χ1) is 17.7. The lowest BCUT2D eigenvalue weighted by Gasteiger charge is -2.32. The Morgan fingerprint density at radius 2 is 1.67 bits per heavy atom. The summed E-state index contributed by atoms with van der Waals surface area (Å²) in [6.45, 7) is 14.5. The van der Waals surface area contributed by atoms with Crippen molar-refractivity contribution in [3.63, 3.8) is 0 Å². The summed E-state index contributed by atoms with van der Waals surface area (Å²) in [5.41, 5.74) is 8.53. The van der Waals surface area contributed by atoms with Gasteiger partial charge in [0.05, 0.1) is 0 Å². The zero-order valence-corrected chi connectivity index (χ0v) is 21.4. The van der Waals surface area contributed by atoms with Crippen molar-refractivity contribution in [1.82, 2.24) is 25.5 Å². The highest BCUT2D eigenvalue weighted by Crippen LogP contribution is 2.19. The van der Waals surface area contributed by atoms with Crippen molar-refractivity contribution >= 4 is 17.6 Å². The van der Waals surface area contributed by atoms with Crippen molar-refractivity contribution < 1.29 is 0 Å². The lowest BCUT2D eigenvalue weighted by Crippen LogP contribution is -2.46. The van der Waals surface area contributed by atoms with E-state index in [4.69, 9.17) is 12.3 Å². The van der Waals surface area contributed by atoms with E-state index >= 15 is 0 Å². The highest BCUT2D eigenvalue weighted by Gasteiger charge is 2.20.